The van der Waals surface area contributed by atoms with Crippen LogP contribution in [0.5, 0.6) is 5.95 Å². The van der Waals surface area contributed by atoms with Crippen molar-refractivity contribution in [3.8, 4) is 5.95 Å². The molecule has 0 fully saturated rings. The van der Waals surface area contributed by atoms with E-state index in [1.165, 1.54) is 12.1 Å². The predicted molar refractivity (Wildman–Crippen MR) is 67.1 cm³/mol. The van der Waals surface area contributed by atoms with Gasteiger partial charge in [0.15, 0.2) is 5.56 Å². The molecule has 0 saturated heterocycles. The van der Waals surface area contributed by atoms with Crippen molar-refractivity contribution in [2.24, 2.45) is 0 Å². The summed E-state index contributed by atoms with van der Waals surface area (Å²) in [7, 11) is 0. The number of carboxylic acid groups (broad SMARTS) is 1. The lowest BCUT2D eigenvalue weighted by Gasteiger charge is -2.06. The first kappa shape index (κ1) is 13.6. The van der Waals surface area contributed by atoms with Gasteiger partial charge in [-0.15, -0.1) is 0 Å². The van der Waals surface area contributed by atoms with E-state index in [2.05, 4.69) is 9.47 Å². The molecule has 1 heterocycles. The first-order valence-corrected chi connectivity index (χ1v) is 5.68. The molecule has 1 N–H and O–H groups in total. The van der Waals surface area contributed by atoms with Gasteiger partial charge in [0.25, 0.3) is 0 Å². The molecule has 7 heteroatoms. The first-order chi connectivity index (χ1) is 9.54. The number of carbonyl (C=O) groups excluding carboxylic acids is 1. The second-order valence-corrected chi connectivity index (χ2v) is 3.68. The number of fused-ring (bicyclic) bond motifs is 1. The predicted octanol–water partition coefficient (Wildman–Crippen LogP) is 2.03. The van der Waals surface area contributed by atoms with Gasteiger partial charge in [0.1, 0.15) is 5.58 Å². The van der Waals surface area contributed by atoms with Crippen LogP contribution >= 0.6 is 0 Å². The van der Waals surface area contributed by atoms with Crippen molar-refractivity contribution in [2.75, 3.05) is 6.61 Å². The van der Waals surface area contributed by atoms with Gasteiger partial charge >= 0.3 is 18.1 Å². The molecular weight excluding hydrogens is 268 g/mol. The lowest BCUT2D eigenvalue weighted by atomic mass is 10.1. The third-order valence-corrected chi connectivity index (χ3v) is 2.42. The highest BCUT2D eigenvalue weighted by atomic mass is 16.8. The summed E-state index contributed by atoms with van der Waals surface area (Å²) in [6, 6.07) is 6.04. The highest BCUT2D eigenvalue weighted by Crippen LogP contribution is 2.22. The number of carbonyl (C=O) groups is 2. The van der Waals surface area contributed by atoms with Crippen LogP contribution in [0.2, 0.25) is 0 Å². The molecule has 104 valence electrons. The summed E-state index contributed by atoms with van der Waals surface area (Å²) in [5, 5.41) is 9.14. The normalized spacial score (nSPS) is 10.2. The number of hydrogen-bond acceptors (Lipinski definition) is 6. The summed E-state index contributed by atoms with van der Waals surface area (Å²) in [4.78, 5) is 34.4. The molecule has 0 bridgehead atoms. The first-order valence-electron chi connectivity index (χ1n) is 5.68. The second-order valence-electron chi connectivity index (χ2n) is 3.68. The number of carboxylic acids is 1. The Morgan fingerprint density at radius 2 is 2.00 bits per heavy atom. The van der Waals surface area contributed by atoms with Crippen LogP contribution in [-0.2, 0) is 4.74 Å². The summed E-state index contributed by atoms with van der Waals surface area (Å²) in [6.45, 7) is 1.59. The van der Waals surface area contributed by atoms with Crippen molar-refractivity contribution in [1.29, 1.82) is 0 Å². The fourth-order valence-electron chi connectivity index (χ4n) is 1.60. The van der Waals surface area contributed by atoms with E-state index in [9.17, 15) is 14.4 Å². The number of benzene rings is 1. The fraction of sp³-hybridized carbons (Fsp3) is 0.154. The number of rotatable bonds is 3. The summed E-state index contributed by atoms with van der Waals surface area (Å²) in [5.74, 6) is -2.25. The average Bonchev–Trinajstić information content (AvgIpc) is 2.38. The smallest absolute Gasteiger partial charge is 0.477 e. The van der Waals surface area contributed by atoms with E-state index in [4.69, 9.17) is 9.52 Å². The zero-order chi connectivity index (χ0) is 14.7. The molecule has 0 saturated carbocycles. The van der Waals surface area contributed by atoms with Crippen LogP contribution < -0.4 is 10.2 Å². The molecule has 2 aromatic rings. The van der Waals surface area contributed by atoms with Gasteiger partial charge in [0, 0.05) is 0 Å². The van der Waals surface area contributed by atoms with Crippen LogP contribution in [-0.4, -0.2) is 23.8 Å². The Hall–Kier alpha value is -2.83. The largest absolute Gasteiger partial charge is 0.516 e. The van der Waals surface area contributed by atoms with Crippen molar-refractivity contribution in [3.63, 3.8) is 0 Å². The maximum absolute atomic E-state index is 12.1. The Morgan fingerprint density at radius 1 is 1.30 bits per heavy atom. The van der Waals surface area contributed by atoms with E-state index in [1.807, 2.05) is 0 Å². The minimum atomic E-state index is -1.55. The Balaban J connectivity index is 2.63. The van der Waals surface area contributed by atoms with Crippen molar-refractivity contribution >= 4 is 23.1 Å². The van der Waals surface area contributed by atoms with Gasteiger partial charge in [0.05, 0.1) is 12.0 Å². The van der Waals surface area contributed by atoms with Crippen LogP contribution in [0.15, 0.2) is 33.5 Å². The fourth-order valence-corrected chi connectivity index (χ4v) is 1.60. The number of ether oxygens (including phenoxy) is 2. The molecule has 2 rings (SSSR count). The minimum Gasteiger partial charge on any atom is -0.477 e. The standard InChI is InChI=1S/C13H10O7/c1-2-18-13(17)20-12-9(11(15)16)10(14)7-5-3-4-6-8(7)19-12/h3-6H,2H2,1H3,(H,15,16). The maximum Gasteiger partial charge on any atom is 0.516 e. The van der Waals surface area contributed by atoms with Crippen molar-refractivity contribution in [2.45, 2.75) is 6.92 Å². The van der Waals surface area contributed by atoms with Gasteiger partial charge in [-0.3, -0.25) is 4.79 Å². The molecule has 0 aliphatic heterocycles. The number of para-hydroxylation sites is 1. The van der Waals surface area contributed by atoms with Crippen molar-refractivity contribution in [3.05, 3.63) is 40.1 Å². The van der Waals surface area contributed by atoms with Crippen LogP contribution in [0.1, 0.15) is 17.3 Å². The van der Waals surface area contributed by atoms with E-state index < -0.39 is 29.1 Å². The van der Waals surface area contributed by atoms with Gasteiger partial charge in [-0.25, -0.2) is 9.59 Å². The molecule has 1 aromatic carbocycles. The SMILES string of the molecule is CCOC(=O)Oc1oc2ccccc2c(=O)c1C(=O)O. The molecule has 0 spiro atoms. The van der Waals surface area contributed by atoms with E-state index in [0.29, 0.717) is 0 Å². The Labute approximate surface area is 112 Å². The third kappa shape index (κ3) is 2.46. The highest BCUT2D eigenvalue weighted by Gasteiger charge is 2.24. The van der Waals surface area contributed by atoms with Gasteiger partial charge in [-0.05, 0) is 19.1 Å². The Bertz CT molecular complexity index is 729. The molecule has 20 heavy (non-hydrogen) atoms. The zero-order valence-electron chi connectivity index (χ0n) is 10.4. The molecule has 1 aromatic heterocycles. The lowest BCUT2D eigenvalue weighted by molar-refractivity contribution is 0.0678. The Morgan fingerprint density at radius 3 is 2.65 bits per heavy atom. The summed E-state index contributed by atoms with van der Waals surface area (Å²) >= 11 is 0. The summed E-state index contributed by atoms with van der Waals surface area (Å²) in [5.41, 5.74) is -1.43. The van der Waals surface area contributed by atoms with Gasteiger partial charge < -0.3 is 19.0 Å². The van der Waals surface area contributed by atoms with Crippen LogP contribution in [0.3, 0.4) is 0 Å². The van der Waals surface area contributed by atoms with Crippen LogP contribution in [0.4, 0.5) is 4.79 Å². The average molecular weight is 278 g/mol. The molecule has 7 nitrogen and oxygen atoms in total. The molecule has 0 aliphatic carbocycles. The van der Waals surface area contributed by atoms with Crippen LogP contribution in [0, 0.1) is 0 Å². The monoisotopic (exact) mass is 278 g/mol. The van der Waals surface area contributed by atoms with E-state index in [-0.39, 0.29) is 17.6 Å². The maximum atomic E-state index is 12.1. The highest BCUT2D eigenvalue weighted by molar-refractivity contribution is 5.94. The third-order valence-electron chi connectivity index (χ3n) is 2.42. The van der Waals surface area contributed by atoms with E-state index in [0.717, 1.165) is 0 Å². The molecule has 0 atom stereocenters. The van der Waals surface area contributed by atoms with E-state index in [1.54, 1.807) is 19.1 Å². The topological polar surface area (TPSA) is 103 Å². The lowest BCUT2D eigenvalue weighted by Crippen LogP contribution is -2.19. The minimum absolute atomic E-state index is 0.0407. The molecule has 0 unspecified atom stereocenters. The van der Waals surface area contributed by atoms with Crippen LogP contribution in [0.25, 0.3) is 11.0 Å². The Kier molecular flexibility index (Phi) is 3.69. The number of aromatic carboxylic acids is 1. The quantitative estimate of drug-likeness (QED) is 0.856. The zero-order valence-corrected chi connectivity index (χ0v) is 10.4. The van der Waals surface area contributed by atoms with Crippen molar-refractivity contribution < 1.29 is 28.6 Å². The van der Waals surface area contributed by atoms with Gasteiger partial charge in [0.2, 0.25) is 5.43 Å². The molecule has 0 radical (unpaired) electrons. The van der Waals surface area contributed by atoms with E-state index >= 15 is 0 Å². The molecular formula is C13H10O7. The van der Waals surface area contributed by atoms with Gasteiger partial charge in [-0.1, -0.05) is 12.1 Å². The molecule has 0 aliphatic rings. The molecule has 0 amide bonds. The number of hydrogen-bond donors (Lipinski definition) is 1. The second kappa shape index (κ2) is 5.43. The summed E-state index contributed by atoms with van der Waals surface area (Å²) < 4.78 is 14.3. The summed E-state index contributed by atoms with van der Waals surface area (Å²) in [6.07, 6.45) is -1.14. The van der Waals surface area contributed by atoms with Gasteiger partial charge in [-0.2, -0.15) is 0 Å². The van der Waals surface area contributed by atoms with Crippen molar-refractivity contribution in [1.82, 2.24) is 0 Å².